The Kier molecular flexibility index (Phi) is 7.20. The predicted molar refractivity (Wildman–Crippen MR) is 98.5 cm³/mol. The lowest BCUT2D eigenvalue weighted by molar-refractivity contribution is -0.151. The molecule has 0 aliphatic carbocycles. The number of benzene rings is 1. The number of H-pyrrole nitrogens is 1. The van der Waals surface area contributed by atoms with Crippen LogP contribution in [0.4, 0.5) is 0 Å². The molecule has 140 valence electrons. The van der Waals surface area contributed by atoms with E-state index in [1.807, 2.05) is 37.4 Å². The molecule has 1 heterocycles. The first-order valence-electron chi connectivity index (χ1n) is 8.76. The van der Waals surface area contributed by atoms with Gasteiger partial charge in [0.1, 0.15) is 6.04 Å². The van der Waals surface area contributed by atoms with Gasteiger partial charge in [-0.25, -0.2) is 4.79 Å². The van der Waals surface area contributed by atoms with Crippen LogP contribution in [0, 0.1) is 0 Å². The fourth-order valence-corrected chi connectivity index (χ4v) is 2.65. The van der Waals surface area contributed by atoms with Crippen LogP contribution in [-0.4, -0.2) is 42.0 Å². The van der Waals surface area contributed by atoms with E-state index in [-0.39, 0.29) is 24.8 Å². The van der Waals surface area contributed by atoms with Crippen LogP contribution in [-0.2, 0) is 25.5 Å². The minimum atomic E-state index is -0.852. The van der Waals surface area contributed by atoms with Crippen LogP contribution in [0.5, 0.6) is 0 Å². The molecule has 0 aliphatic heterocycles. The third-order valence-corrected chi connectivity index (χ3v) is 3.96. The minimum absolute atomic E-state index is 0.278. The standard InChI is InChI=1S/C19H25N3O4/c1-3-4-9-20-18(24)12-26-19(25)17(22-13(2)23)10-14-11-21-16-8-6-5-7-15(14)16/h5-8,11,17,21H,3-4,9-10,12H2,1-2H3,(H,20,24)(H,22,23)/t17-/m0/s1. The molecule has 0 saturated heterocycles. The molecule has 7 nitrogen and oxygen atoms in total. The maximum atomic E-state index is 12.3. The molecule has 7 heteroatoms. The highest BCUT2D eigenvalue weighted by molar-refractivity contribution is 5.88. The Labute approximate surface area is 152 Å². The van der Waals surface area contributed by atoms with Crippen molar-refractivity contribution in [3.05, 3.63) is 36.0 Å². The SMILES string of the molecule is CCCCNC(=O)COC(=O)[C@H](Cc1c[nH]c2ccccc12)NC(C)=O. The van der Waals surface area contributed by atoms with Crippen molar-refractivity contribution in [2.45, 2.75) is 39.2 Å². The second-order valence-corrected chi connectivity index (χ2v) is 6.13. The number of carbonyl (C=O) groups excluding carboxylic acids is 3. The Morgan fingerprint density at radius 2 is 2.00 bits per heavy atom. The van der Waals surface area contributed by atoms with E-state index in [9.17, 15) is 14.4 Å². The van der Waals surface area contributed by atoms with Gasteiger partial charge in [0.15, 0.2) is 6.61 Å². The van der Waals surface area contributed by atoms with Crippen LogP contribution in [0.3, 0.4) is 0 Å². The van der Waals surface area contributed by atoms with Crippen LogP contribution in [0.15, 0.2) is 30.5 Å². The van der Waals surface area contributed by atoms with Crippen molar-refractivity contribution in [2.75, 3.05) is 13.2 Å². The molecule has 26 heavy (non-hydrogen) atoms. The summed E-state index contributed by atoms with van der Waals surface area (Å²) in [6.45, 7) is 3.56. The van der Waals surface area contributed by atoms with E-state index in [4.69, 9.17) is 4.74 Å². The van der Waals surface area contributed by atoms with Crippen LogP contribution < -0.4 is 10.6 Å². The number of amides is 2. The number of carbonyl (C=O) groups is 3. The van der Waals surface area contributed by atoms with E-state index < -0.39 is 12.0 Å². The maximum absolute atomic E-state index is 12.3. The van der Waals surface area contributed by atoms with E-state index in [2.05, 4.69) is 15.6 Å². The normalized spacial score (nSPS) is 11.8. The van der Waals surface area contributed by atoms with E-state index in [1.165, 1.54) is 6.92 Å². The minimum Gasteiger partial charge on any atom is -0.454 e. The average Bonchev–Trinajstić information content (AvgIpc) is 3.02. The summed E-state index contributed by atoms with van der Waals surface area (Å²) >= 11 is 0. The number of ether oxygens (including phenoxy) is 1. The summed E-state index contributed by atoms with van der Waals surface area (Å²) in [4.78, 5) is 38.6. The second-order valence-electron chi connectivity index (χ2n) is 6.13. The number of aromatic amines is 1. The quantitative estimate of drug-likeness (QED) is 0.468. The zero-order valence-corrected chi connectivity index (χ0v) is 15.1. The molecule has 0 unspecified atom stereocenters. The third-order valence-electron chi connectivity index (χ3n) is 3.96. The van der Waals surface area contributed by atoms with Crippen LogP contribution in [0.1, 0.15) is 32.3 Å². The first-order chi connectivity index (χ1) is 12.5. The Bertz CT molecular complexity index is 769. The van der Waals surface area contributed by atoms with Gasteiger partial charge in [0.2, 0.25) is 5.91 Å². The molecular formula is C19H25N3O4. The van der Waals surface area contributed by atoms with Crippen molar-refractivity contribution in [3.8, 4) is 0 Å². The molecule has 1 aromatic heterocycles. The van der Waals surface area contributed by atoms with Crippen molar-refractivity contribution in [2.24, 2.45) is 0 Å². The summed E-state index contributed by atoms with van der Waals surface area (Å²) < 4.78 is 5.08. The highest BCUT2D eigenvalue weighted by atomic mass is 16.5. The second kappa shape index (κ2) is 9.60. The van der Waals surface area contributed by atoms with E-state index in [0.29, 0.717) is 6.54 Å². The number of rotatable bonds is 9. The zero-order valence-electron chi connectivity index (χ0n) is 15.1. The summed E-state index contributed by atoms with van der Waals surface area (Å²) in [7, 11) is 0. The number of hydrogen-bond donors (Lipinski definition) is 3. The molecule has 0 bridgehead atoms. The van der Waals surface area contributed by atoms with Gasteiger partial charge in [-0.05, 0) is 18.1 Å². The van der Waals surface area contributed by atoms with Crippen LogP contribution >= 0.6 is 0 Å². The van der Waals surface area contributed by atoms with E-state index >= 15 is 0 Å². The lowest BCUT2D eigenvalue weighted by Crippen LogP contribution is -2.43. The summed E-state index contributed by atoms with van der Waals surface area (Å²) in [6, 6.07) is 6.85. The Morgan fingerprint density at radius 1 is 1.23 bits per heavy atom. The molecule has 3 N–H and O–H groups in total. The first-order valence-corrected chi connectivity index (χ1v) is 8.76. The van der Waals surface area contributed by atoms with Crippen LogP contribution in [0.2, 0.25) is 0 Å². The lowest BCUT2D eigenvalue weighted by Gasteiger charge is -2.16. The molecule has 0 aliphatic rings. The molecule has 2 amide bonds. The van der Waals surface area contributed by atoms with Gasteiger partial charge in [0.05, 0.1) is 0 Å². The van der Waals surface area contributed by atoms with Gasteiger partial charge < -0.3 is 20.4 Å². The zero-order chi connectivity index (χ0) is 18.9. The van der Waals surface area contributed by atoms with Gasteiger partial charge in [-0.15, -0.1) is 0 Å². The number of unbranched alkanes of at least 4 members (excludes halogenated alkanes) is 1. The average molecular weight is 359 g/mol. The monoisotopic (exact) mass is 359 g/mol. The Morgan fingerprint density at radius 3 is 2.73 bits per heavy atom. The lowest BCUT2D eigenvalue weighted by atomic mass is 10.0. The highest BCUT2D eigenvalue weighted by Gasteiger charge is 2.23. The third kappa shape index (κ3) is 5.61. The number of esters is 1. The van der Waals surface area contributed by atoms with Crippen molar-refractivity contribution in [1.82, 2.24) is 15.6 Å². The van der Waals surface area contributed by atoms with Gasteiger partial charge in [-0.1, -0.05) is 31.5 Å². The largest absolute Gasteiger partial charge is 0.454 e. The summed E-state index contributed by atoms with van der Waals surface area (Å²) in [5.41, 5.74) is 1.84. The molecule has 1 aromatic carbocycles. The predicted octanol–water partition coefficient (Wildman–Crippen LogP) is 1.67. The summed E-state index contributed by atoms with van der Waals surface area (Å²) in [5, 5.41) is 6.26. The Balaban J connectivity index is 1.98. The van der Waals surface area contributed by atoms with Crippen molar-refractivity contribution >= 4 is 28.7 Å². The topological polar surface area (TPSA) is 100 Å². The fraction of sp³-hybridized carbons (Fsp3) is 0.421. The number of para-hydroxylation sites is 1. The Hall–Kier alpha value is -2.83. The molecule has 1 atom stereocenters. The number of aromatic nitrogens is 1. The number of hydrogen-bond acceptors (Lipinski definition) is 4. The van der Waals surface area contributed by atoms with E-state index in [0.717, 1.165) is 29.3 Å². The van der Waals surface area contributed by atoms with Crippen molar-refractivity contribution < 1.29 is 19.1 Å². The molecule has 0 saturated carbocycles. The molecule has 0 radical (unpaired) electrons. The summed E-state index contributed by atoms with van der Waals surface area (Å²) in [6.07, 6.45) is 3.92. The van der Waals surface area contributed by atoms with Gasteiger partial charge in [0, 0.05) is 37.0 Å². The molecule has 0 fully saturated rings. The van der Waals surface area contributed by atoms with Crippen molar-refractivity contribution in [3.63, 3.8) is 0 Å². The molecule has 2 rings (SSSR count). The maximum Gasteiger partial charge on any atom is 0.329 e. The highest BCUT2D eigenvalue weighted by Crippen LogP contribution is 2.19. The molecular weight excluding hydrogens is 334 g/mol. The number of fused-ring (bicyclic) bond motifs is 1. The smallest absolute Gasteiger partial charge is 0.329 e. The summed E-state index contributed by atoms with van der Waals surface area (Å²) in [5.74, 6) is -1.31. The van der Waals surface area contributed by atoms with Crippen LogP contribution in [0.25, 0.3) is 10.9 Å². The van der Waals surface area contributed by atoms with Gasteiger partial charge in [0.25, 0.3) is 5.91 Å². The van der Waals surface area contributed by atoms with E-state index in [1.54, 1.807) is 0 Å². The van der Waals surface area contributed by atoms with Gasteiger partial charge >= 0.3 is 5.97 Å². The fourth-order valence-electron chi connectivity index (χ4n) is 2.65. The van der Waals surface area contributed by atoms with Crippen molar-refractivity contribution in [1.29, 1.82) is 0 Å². The van der Waals surface area contributed by atoms with Gasteiger partial charge in [-0.2, -0.15) is 0 Å². The molecule has 2 aromatic rings. The molecule has 0 spiro atoms. The first kappa shape index (κ1) is 19.5. The number of nitrogens with one attached hydrogen (secondary N) is 3. The van der Waals surface area contributed by atoms with Gasteiger partial charge in [-0.3, -0.25) is 9.59 Å².